The van der Waals surface area contributed by atoms with Gasteiger partial charge in [-0.15, -0.1) is 0 Å². The molecular weight excluding hydrogens is 168 g/mol. The molecular formula is C9H12N2O2. The molecule has 0 aliphatic carbocycles. The topological polar surface area (TPSA) is 64.3 Å². The van der Waals surface area contributed by atoms with Crippen molar-refractivity contribution >= 4 is 17.5 Å². The van der Waals surface area contributed by atoms with Crippen LogP contribution in [0.15, 0.2) is 18.2 Å². The summed E-state index contributed by atoms with van der Waals surface area (Å²) < 4.78 is 4.43. The summed E-state index contributed by atoms with van der Waals surface area (Å²) in [6, 6.07) is 5.38. The second-order valence-electron chi connectivity index (χ2n) is 2.71. The summed E-state index contributed by atoms with van der Waals surface area (Å²) in [4.78, 5) is 10.8. The van der Waals surface area contributed by atoms with E-state index in [4.69, 9.17) is 5.73 Å². The predicted octanol–water partition coefficient (Wildman–Crippen LogP) is 1.76. The number of nitrogens with one attached hydrogen (secondary N) is 1. The van der Waals surface area contributed by atoms with Gasteiger partial charge in [0.1, 0.15) is 0 Å². The van der Waals surface area contributed by atoms with Crippen LogP contribution in [0.25, 0.3) is 0 Å². The summed E-state index contributed by atoms with van der Waals surface area (Å²) in [6.45, 7) is 1.93. The zero-order valence-corrected chi connectivity index (χ0v) is 7.63. The standard InChI is InChI=1S/C9H12N2O2/c1-6-3-4-8(7(10)5-6)11-9(12)13-2/h3-5H,10H2,1-2H3,(H,11,12). The molecule has 0 aliphatic rings. The minimum atomic E-state index is -0.518. The third-order valence-electron chi connectivity index (χ3n) is 1.63. The van der Waals surface area contributed by atoms with Crippen LogP contribution in [-0.2, 0) is 4.74 Å². The summed E-state index contributed by atoms with van der Waals surface area (Å²) in [6.07, 6.45) is -0.518. The monoisotopic (exact) mass is 180 g/mol. The maximum atomic E-state index is 10.8. The van der Waals surface area contributed by atoms with Crippen LogP contribution < -0.4 is 11.1 Å². The Balaban J connectivity index is 2.83. The van der Waals surface area contributed by atoms with Gasteiger partial charge in [-0.25, -0.2) is 4.79 Å². The lowest BCUT2D eigenvalue weighted by molar-refractivity contribution is 0.187. The average Bonchev–Trinajstić information content (AvgIpc) is 2.09. The van der Waals surface area contributed by atoms with E-state index in [9.17, 15) is 4.79 Å². The first kappa shape index (κ1) is 9.38. The SMILES string of the molecule is COC(=O)Nc1ccc(C)cc1N. The molecule has 0 saturated heterocycles. The Kier molecular flexibility index (Phi) is 2.74. The van der Waals surface area contributed by atoms with Crippen LogP contribution in [0.2, 0.25) is 0 Å². The van der Waals surface area contributed by atoms with Gasteiger partial charge in [-0.2, -0.15) is 0 Å². The number of methoxy groups -OCH3 is 1. The molecule has 0 radical (unpaired) electrons. The molecule has 1 amide bonds. The van der Waals surface area contributed by atoms with Gasteiger partial charge in [0.2, 0.25) is 0 Å². The van der Waals surface area contributed by atoms with Crippen molar-refractivity contribution in [3.8, 4) is 0 Å². The van der Waals surface area contributed by atoms with E-state index in [-0.39, 0.29) is 0 Å². The number of hydrogen-bond acceptors (Lipinski definition) is 3. The van der Waals surface area contributed by atoms with E-state index in [2.05, 4.69) is 10.1 Å². The largest absolute Gasteiger partial charge is 0.453 e. The van der Waals surface area contributed by atoms with E-state index in [0.717, 1.165) is 5.56 Å². The van der Waals surface area contributed by atoms with Gasteiger partial charge in [-0.1, -0.05) is 6.07 Å². The fourth-order valence-electron chi connectivity index (χ4n) is 0.957. The molecule has 13 heavy (non-hydrogen) atoms. The molecule has 0 spiro atoms. The first-order valence-electron chi connectivity index (χ1n) is 3.84. The molecule has 4 nitrogen and oxygen atoms in total. The maximum Gasteiger partial charge on any atom is 0.411 e. The summed E-state index contributed by atoms with van der Waals surface area (Å²) >= 11 is 0. The molecule has 4 heteroatoms. The van der Waals surface area contributed by atoms with Crippen molar-refractivity contribution < 1.29 is 9.53 Å². The number of carbonyl (C=O) groups excluding carboxylic acids is 1. The maximum absolute atomic E-state index is 10.8. The minimum Gasteiger partial charge on any atom is -0.453 e. The van der Waals surface area contributed by atoms with Crippen LogP contribution in [0, 0.1) is 6.92 Å². The molecule has 0 aliphatic heterocycles. The Hall–Kier alpha value is -1.71. The smallest absolute Gasteiger partial charge is 0.411 e. The van der Waals surface area contributed by atoms with E-state index in [1.54, 1.807) is 12.1 Å². The van der Waals surface area contributed by atoms with Gasteiger partial charge >= 0.3 is 6.09 Å². The highest BCUT2D eigenvalue weighted by Gasteiger charge is 2.03. The van der Waals surface area contributed by atoms with Crippen LogP contribution in [0.4, 0.5) is 16.2 Å². The van der Waals surface area contributed by atoms with E-state index in [1.165, 1.54) is 7.11 Å². The third kappa shape index (κ3) is 2.37. The highest BCUT2D eigenvalue weighted by molar-refractivity contribution is 5.88. The van der Waals surface area contributed by atoms with Crippen LogP contribution >= 0.6 is 0 Å². The third-order valence-corrected chi connectivity index (χ3v) is 1.63. The zero-order valence-electron chi connectivity index (χ0n) is 7.63. The Morgan fingerprint density at radius 3 is 2.77 bits per heavy atom. The van der Waals surface area contributed by atoms with Gasteiger partial charge in [-0.05, 0) is 24.6 Å². The zero-order chi connectivity index (χ0) is 9.84. The number of ether oxygens (including phenoxy) is 1. The summed E-state index contributed by atoms with van der Waals surface area (Å²) in [5.41, 5.74) is 7.80. The average molecular weight is 180 g/mol. The summed E-state index contributed by atoms with van der Waals surface area (Å²) in [5, 5.41) is 2.50. The van der Waals surface area contributed by atoms with Crippen molar-refractivity contribution in [2.45, 2.75) is 6.92 Å². The van der Waals surface area contributed by atoms with Gasteiger partial charge in [0.05, 0.1) is 18.5 Å². The molecule has 0 saturated carbocycles. The van der Waals surface area contributed by atoms with Gasteiger partial charge in [-0.3, -0.25) is 5.32 Å². The molecule has 1 aromatic carbocycles. The highest BCUT2D eigenvalue weighted by atomic mass is 16.5. The highest BCUT2D eigenvalue weighted by Crippen LogP contribution is 2.19. The van der Waals surface area contributed by atoms with Gasteiger partial charge in [0, 0.05) is 0 Å². The number of rotatable bonds is 1. The second-order valence-corrected chi connectivity index (χ2v) is 2.71. The Morgan fingerprint density at radius 2 is 2.23 bits per heavy atom. The number of benzene rings is 1. The van der Waals surface area contributed by atoms with Crippen LogP contribution in [0.3, 0.4) is 0 Å². The summed E-state index contributed by atoms with van der Waals surface area (Å²) in [5.74, 6) is 0. The van der Waals surface area contributed by atoms with Crippen LogP contribution in [-0.4, -0.2) is 13.2 Å². The first-order valence-corrected chi connectivity index (χ1v) is 3.84. The molecule has 0 heterocycles. The Labute approximate surface area is 76.7 Å². The van der Waals surface area contributed by atoms with E-state index in [1.807, 2.05) is 13.0 Å². The van der Waals surface area contributed by atoms with Crippen molar-refractivity contribution in [1.82, 2.24) is 0 Å². The van der Waals surface area contributed by atoms with E-state index in [0.29, 0.717) is 11.4 Å². The molecule has 1 aromatic rings. The quantitative estimate of drug-likeness (QED) is 0.647. The first-order chi connectivity index (χ1) is 6.13. The lowest BCUT2D eigenvalue weighted by Gasteiger charge is -2.06. The lowest BCUT2D eigenvalue weighted by atomic mass is 10.2. The fraction of sp³-hybridized carbons (Fsp3) is 0.222. The molecule has 3 N–H and O–H groups in total. The molecule has 1 rings (SSSR count). The van der Waals surface area contributed by atoms with Crippen molar-refractivity contribution in [3.63, 3.8) is 0 Å². The number of hydrogen-bond donors (Lipinski definition) is 2. The van der Waals surface area contributed by atoms with Crippen LogP contribution in [0.5, 0.6) is 0 Å². The van der Waals surface area contributed by atoms with Crippen molar-refractivity contribution in [2.24, 2.45) is 0 Å². The number of amides is 1. The van der Waals surface area contributed by atoms with Gasteiger partial charge in [0.25, 0.3) is 0 Å². The molecule has 0 aromatic heterocycles. The van der Waals surface area contributed by atoms with E-state index >= 15 is 0 Å². The predicted molar refractivity (Wildman–Crippen MR) is 51.6 cm³/mol. The number of aryl methyl sites for hydroxylation is 1. The van der Waals surface area contributed by atoms with Crippen molar-refractivity contribution in [1.29, 1.82) is 0 Å². The number of nitrogens with two attached hydrogens (primary N) is 1. The van der Waals surface area contributed by atoms with Crippen molar-refractivity contribution in [3.05, 3.63) is 23.8 Å². The second kappa shape index (κ2) is 3.80. The molecule has 70 valence electrons. The molecule has 0 fully saturated rings. The van der Waals surface area contributed by atoms with Gasteiger partial charge < -0.3 is 10.5 Å². The minimum absolute atomic E-state index is 0.518. The fourth-order valence-corrected chi connectivity index (χ4v) is 0.957. The number of anilines is 2. The lowest BCUT2D eigenvalue weighted by Crippen LogP contribution is -2.12. The molecule has 0 unspecified atom stereocenters. The molecule has 0 bridgehead atoms. The molecule has 0 atom stereocenters. The normalized spacial score (nSPS) is 9.38. The number of carbonyl (C=O) groups is 1. The Bertz CT molecular complexity index is 323. The number of nitrogen functional groups attached to an aromatic ring is 1. The summed E-state index contributed by atoms with van der Waals surface area (Å²) in [7, 11) is 1.31. The Morgan fingerprint density at radius 1 is 1.54 bits per heavy atom. The van der Waals surface area contributed by atoms with E-state index < -0.39 is 6.09 Å². The van der Waals surface area contributed by atoms with Crippen LogP contribution in [0.1, 0.15) is 5.56 Å². The van der Waals surface area contributed by atoms with Gasteiger partial charge in [0.15, 0.2) is 0 Å². The van der Waals surface area contributed by atoms with Crippen molar-refractivity contribution in [2.75, 3.05) is 18.2 Å².